The lowest BCUT2D eigenvalue weighted by atomic mass is 9.87. The highest BCUT2D eigenvalue weighted by atomic mass is 16.5. The van der Waals surface area contributed by atoms with Gasteiger partial charge in [0.25, 0.3) is 0 Å². The van der Waals surface area contributed by atoms with Crippen LogP contribution in [-0.4, -0.2) is 36.5 Å². The molecule has 2 heterocycles. The Balaban J connectivity index is 1.58. The summed E-state index contributed by atoms with van der Waals surface area (Å²) in [5.41, 5.74) is 4.28. The molecule has 0 saturated carbocycles. The van der Waals surface area contributed by atoms with Crippen molar-refractivity contribution in [2.45, 2.75) is 27.0 Å². The summed E-state index contributed by atoms with van der Waals surface area (Å²) in [4.78, 5) is 4.29. The lowest BCUT2D eigenvalue weighted by molar-refractivity contribution is -0.134. The Kier molecular flexibility index (Phi) is 5.68. The van der Waals surface area contributed by atoms with E-state index in [1.807, 2.05) is 18.2 Å². The first-order valence-corrected chi connectivity index (χ1v) is 8.64. The summed E-state index contributed by atoms with van der Waals surface area (Å²) in [6.07, 6.45) is 1.78. The zero-order valence-electron chi connectivity index (χ0n) is 14.9. The molecule has 1 aliphatic rings. The molecule has 2 aromatic rings. The Morgan fingerprint density at radius 2 is 2.00 bits per heavy atom. The van der Waals surface area contributed by atoms with Crippen molar-refractivity contribution in [3.63, 3.8) is 0 Å². The van der Waals surface area contributed by atoms with Crippen molar-refractivity contribution in [3.8, 4) is 5.75 Å². The molecular weight excluding hydrogens is 316 g/mol. The van der Waals surface area contributed by atoms with Crippen LogP contribution < -0.4 is 10.1 Å². The zero-order valence-corrected chi connectivity index (χ0v) is 14.9. The van der Waals surface area contributed by atoms with Gasteiger partial charge in [-0.05, 0) is 42.7 Å². The fourth-order valence-electron chi connectivity index (χ4n) is 3.11. The average Bonchev–Trinajstić information content (AvgIpc) is 2.57. The Bertz CT molecular complexity index is 671. The van der Waals surface area contributed by atoms with Gasteiger partial charge in [-0.15, -0.1) is 0 Å². The first-order chi connectivity index (χ1) is 12.1. The fraction of sp³-hybridized carbons (Fsp3) is 0.450. The Morgan fingerprint density at radius 1 is 1.24 bits per heavy atom. The van der Waals surface area contributed by atoms with E-state index in [0.29, 0.717) is 19.8 Å². The number of hydrogen-bond acceptors (Lipinski definition) is 5. The number of rotatable bonds is 8. The van der Waals surface area contributed by atoms with Crippen LogP contribution in [-0.2, 0) is 17.9 Å². The average molecular weight is 342 g/mol. The molecule has 5 nitrogen and oxygen atoms in total. The standard InChI is InChI=1S/C20H26N2O3/c1-15-7-17(9-21-11-20(12-23)13-24-14-20)8-16(2)19(15)25-10-18-5-3-4-6-22-18/h3-8,21,23H,9-14H2,1-2H3. The van der Waals surface area contributed by atoms with E-state index in [0.717, 1.165) is 35.7 Å². The Morgan fingerprint density at radius 3 is 2.56 bits per heavy atom. The molecule has 1 saturated heterocycles. The maximum Gasteiger partial charge on any atom is 0.130 e. The van der Waals surface area contributed by atoms with Crippen LogP contribution in [0.5, 0.6) is 5.75 Å². The van der Waals surface area contributed by atoms with Gasteiger partial charge in [0.15, 0.2) is 0 Å². The molecule has 0 atom stereocenters. The van der Waals surface area contributed by atoms with Gasteiger partial charge < -0.3 is 19.9 Å². The first-order valence-electron chi connectivity index (χ1n) is 8.64. The van der Waals surface area contributed by atoms with E-state index < -0.39 is 0 Å². The molecular formula is C20H26N2O3. The highest BCUT2D eigenvalue weighted by Crippen LogP contribution is 2.27. The van der Waals surface area contributed by atoms with Crippen LogP contribution in [0, 0.1) is 19.3 Å². The second-order valence-corrected chi connectivity index (χ2v) is 6.92. The lowest BCUT2D eigenvalue weighted by Crippen LogP contribution is -2.52. The fourth-order valence-corrected chi connectivity index (χ4v) is 3.11. The van der Waals surface area contributed by atoms with E-state index >= 15 is 0 Å². The molecule has 0 amide bonds. The zero-order chi connectivity index (χ0) is 17.7. The highest BCUT2D eigenvalue weighted by molar-refractivity contribution is 5.43. The van der Waals surface area contributed by atoms with E-state index in [1.165, 1.54) is 5.56 Å². The maximum atomic E-state index is 9.47. The Labute approximate surface area is 149 Å². The molecule has 1 aromatic heterocycles. The van der Waals surface area contributed by atoms with Crippen molar-refractivity contribution in [2.24, 2.45) is 5.41 Å². The summed E-state index contributed by atoms with van der Waals surface area (Å²) in [6.45, 7) is 7.57. The van der Waals surface area contributed by atoms with E-state index in [2.05, 4.69) is 36.3 Å². The quantitative estimate of drug-likeness (QED) is 0.771. The van der Waals surface area contributed by atoms with Gasteiger partial charge in [0.2, 0.25) is 0 Å². The topological polar surface area (TPSA) is 63.6 Å². The van der Waals surface area contributed by atoms with Gasteiger partial charge in [0.1, 0.15) is 12.4 Å². The molecule has 0 aliphatic carbocycles. The number of pyridine rings is 1. The number of nitrogens with zero attached hydrogens (tertiary/aromatic N) is 1. The van der Waals surface area contributed by atoms with Gasteiger partial charge in [0.05, 0.1) is 30.9 Å². The van der Waals surface area contributed by atoms with Crippen molar-refractivity contribution in [1.29, 1.82) is 0 Å². The Hall–Kier alpha value is -1.95. The van der Waals surface area contributed by atoms with Gasteiger partial charge in [-0.2, -0.15) is 0 Å². The second-order valence-electron chi connectivity index (χ2n) is 6.92. The van der Waals surface area contributed by atoms with Crippen LogP contribution in [0.3, 0.4) is 0 Å². The molecule has 1 aliphatic heterocycles. The van der Waals surface area contributed by atoms with Gasteiger partial charge >= 0.3 is 0 Å². The minimum Gasteiger partial charge on any atom is -0.487 e. The number of benzene rings is 1. The molecule has 2 N–H and O–H groups in total. The molecule has 3 rings (SSSR count). The van der Waals surface area contributed by atoms with E-state index in [-0.39, 0.29) is 12.0 Å². The second kappa shape index (κ2) is 7.95. The molecule has 0 unspecified atom stereocenters. The number of hydrogen-bond donors (Lipinski definition) is 2. The van der Waals surface area contributed by atoms with Gasteiger partial charge in [0, 0.05) is 19.3 Å². The molecule has 1 aromatic carbocycles. The van der Waals surface area contributed by atoms with E-state index in [1.54, 1.807) is 6.20 Å². The van der Waals surface area contributed by atoms with Gasteiger partial charge in [-0.3, -0.25) is 4.98 Å². The van der Waals surface area contributed by atoms with Crippen molar-refractivity contribution >= 4 is 0 Å². The third-order valence-corrected chi connectivity index (χ3v) is 4.59. The highest BCUT2D eigenvalue weighted by Gasteiger charge is 2.37. The van der Waals surface area contributed by atoms with Crippen molar-refractivity contribution in [1.82, 2.24) is 10.3 Å². The van der Waals surface area contributed by atoms with Crippen molar-refractivity contribution in [2.75, 3.05) is 26.4 Å². The van der Waals surface area contributed by atoms with Crippen LogP contribution in [0.15, 0.2) is 36.5 Å². The number of aryl methyl sites for hydroxylation is 2. The predicted octanol–water partition coefficient (Wildman–Crippen LogP) is 2.38. The molecule has 5 heteroatoms. The number of aliphatic hydroxyl groups is 1. The molecule has 1 fully saturated rings. The first kappa shape index (κ1) is 17.9. The monoisotopic (exact) mass is 342 g/mol. The molecule has 0 bridgehead atoms. The van der Waals surface area contributed by atoms with Crippen LogP contribution in [0.25, 0.3) is 0 Å². The largest absolute Gasteiger partial charge is 0.487 e. The summed E-state index contributed by atoms with van der Waals surface area (Å²) in [7, 11) is 0. The van der Waals surface area contributed by atoms with Crippen molar-refractivity contribution < 1.29 is 14.6 Å². The molecule has 0 spiro atoms. The normalized spacial score (nSPS) is 15.6. The van der Waals surface area contributed by atoms with Gasteiger partial charge in [-0.1, -0.05) is 18.2 Å². The number of aliphatic hydroxyl groups excluding tert-OH is 1. The van der Waals surface area contributed by atoms with Crippen LogP contribution in [0.1, 0.15) is 22.4 Å². The number of ether oxygens (including phenoxy) is 2. The summed E-state index contributed by atoms with van der Waals surface area (Å²) in [5.74, 6) is 0.925. The SMILES string of the molecule is Cc1cc(CNCC2(CO)COC2)cc(C)c1OCc1ccccn1. The van der Waals surface area contributed by atoms with Crippen LogP contribution in [0.4, 0.5) is 0 Å². The maximum absolute atomic E-state index is 9.47. The van der Waals surface area contributed by atoms with E-state index in [4.69, 9.17) is 9.47 Å². The smallest absolute Gasteiger partial charge is 0.130 e. The third kappa shape index (κ3) is 4.37. The van der Waals surface area contributed by atoms with Crippen LogP contribution in [0.2, 0.25) is 0 Å². The van der Waals surface area contributed by atoms with E-state index in [9.17, 15) is 5.11 Å². The number of aromatic nitrogens is 1. The summed E-state index contributed by atoms with van der Waals surface area (Å²) in [6, 6.07) is 10.1. The minimum absolute atomic E-state index is 0.101. The lowest BCUT2D eigenvalue weighted by Gasteiger charge is -2.40. The molecule has 0 radical (unpaired) electrons. The molecule has 134 valence electrons. The summed E-state index contributed by atoms with van der Waals surface area (Å²) >= 11 is 0. The van der Waals surface area contributed by atoms with Crippen molar-refractivity contribution in [3.05, 3.63) is 58.9 Å². The predicted molar refractivity (Wildman–Crippen MR) is 96.5 cm³/mol. The summed E-state index contributed by atoms with van der Waals surface area (Å²) < 4.78 is 11.2. The minimum atomic E-state index is -0.101. The van der Waals surface area contributed by atoms with Crippen LogP contribution >= 0.6 is 0 Å². The summed E-state index contributed by atoms with van der Waals surface area (Å²) in [5, 5.41) is 12.9. The molecule has 25 heavy (non-hydrogen) atoms. The number of nitrogens with one attached hydrogen (secondary N) is 1. The van der Waals surface area contributed by atoms with Gasteiger partial charge in [-0.25, -0.2) is 0 Å². The third-order valence-electron chi connectivity index (χ3n) is 4.59.